The van der Waals surface area contributed by atoms with Crippen molar-refractivity contribution in [3.8, 4) is 0 Å². The van der Waals surface area contributed by atoms with Gasteiger partial charge in [0.15, 0.2) is 0 Å². The number of carboxylic acid groups (broad SMARTS) is 1. The molecule has 5 nitrogen and oxygen atoms in total. The topological polar surface area (TPSA) is 69.6 Å². The minimum absolute atomic E-state index is 0.269. The third-order valence-electron chi connectivity index (χ3n) is 2.63. The zero-order valence-electron chi connectivity index (χ0n) is 8.89. The van der Waals surface area contributed by atoms with Crippen LogP contribution < -0.4 is 5.32 Å². The standard InChI is InChI=1S/C11H11BrN2O3/c12-8-3-1-2-4-9(8)13-11(17)14-5-7(6-14)10(15)16/h1-4,7H,5-6H2,(H,13,17)(H,15,16). The molecular formula is C11H11BrN2O3. The van der Waals surface area contributed by atoms with Gasteiger partial charge in [0.2, 0.25) is 0 Å². The molecule has 90 valence electrons. The Morgan fingerprint density at radius 3 is 2.59 bits per heavy atom. The predicted molar refractivity (Wildman–Crippen MR) is 65.9 cm³/mol. The second kappa shape index (κ2) is 4.75. The van der Waals surface area contributed by atoms with Crippen molar-refractivity contribution in [1.29, 1.82) is 0 Å². The van der Waals surface area contributed by atoms with Crippen molar-refractivity contribution >= 4 is 33.6 Å². The second-order valence-corrected chi connectivity index (χ2v) is 4.70. The molecule has 0 atom stereocenters. The van der Waals surface area contributed by atoms with Crippen LogP contribution in [0.15, 0.2) is 28.7 Å². The number of carboxylic acids is 1. The number of likely N-dealkylation sites (tertiary alicyclic amines) is 1. The van der Waals surface area contributed by atoms with Gasteiger partial charge in [0.05, 0.1) is 11.6 Å². The van der Waals surface area contributed by atoms with Crippen LogP contribution in [0.2, 0.25) is 0 Å². The fraction of sp³-hybridized carbons (Fsp3) is 0.273. The van der Waals surface area contributed by atoms with Gasteiger partial charge in [-0.1, -0.05) is 12.1 Å². The number of aliphatic carboxylic acids is 1. The summed E-state index contributed by atoms with van der Waals surface area (Å²) in [5.41, 5.74) is 0.677. The van der Waals surface area contributed by atoms with Crippen molar-refractivity contribution in [3.05, 3.63) is 28.7 Å². The summed E-state index contributed by atoms with van der Waals surface area (Å²) in [5.74, 6) is -1.28. The van der Waals surface area contributed by atoms with Gasteiger partial charge in [-0.2, -0.15) is 0 Å². The number of nitrogens with zero attached hydrogens (tertiary/aromatic N) is 1. The number of anilines is 1. The number of carbonyl (C=O) groups excluding carboxylic acids is 1. The fourth-order valence-corrected chi connectivity index (χ4v) is 1.94. The molecule has 0 spiro atoms. The Morgan fingerprint density at radius 1 is 1.35 bits per heavy atom. The van der Waals surface area contributed by atoms with Crippen LogP contribution in [-0.4, -0.2) is 35.1 Å². The van der Waals surface area contributed by atoms with Gasteiger partial charge in [-0.05, 0) is 28.1 Å². The first-order valence-corrected chi connectivity index (χ1v) is 5.90. The lowest BCUT2D eigenvalue weighted by molar-refractivity contribution is -0.145. The van der Waals surface area contributed by atoms with Crippen LogP contribution in [-0.2, 0) is 4.79 Å². The van der Waals surface area contributed by atoms with E-state index in [0.29, 0.717) is 5.69 Å². The Morgan fingerprint density at radius 2 is 2.00 bits per heavy atom. The maximum absolute atomic E-state index is 11.7. The number of amides is 2. The van der Waals surface area contributed by atoms with Crippen molar-refractivity contribution in [3.63, 3.8) is 0 Å². The Bertz CT molecular complexity index is 458. The normalized spacial score (nSPS) is 15.2. The van der Waals surface area contributed by atoms with Crippen molar-refractivity contribution in [1.82, 2.24) is 4.90 Å². The van der Waals surface area contributed by atoms with Crippen molar-refractivity contribution in [2.45, 2.75) is 0 Å². The van der Waals surface area contributed by atoms with Crippen molar-refractivity contribution in [2.24, 2.45) is 5.92 Å². The lowest BCUT2D eigenvalue weighted by Crippen LogP contribution is -2.54. The molecule has 1 aliphatic rings. The number of carbonyl (C=O) groups is 2. The van der Waals surface area contributed by atoms with Crippen molar-refractivity contribution in [2.75, 3.05) is 18.4 Å². The number of nitrogens with one attached hydrogen (secondary N) is 1. The molecule has 0 bridgehead atoms. The molecular weight excluding hydrogens is 288 g/mol. The van der Waals surface area contributed by atoms with Crippen LogP contribution in [0, 0.1) is 5.92 Å². The Labute approximate surface area is 107 Å². The van der Waals surface area contributed by atoms with E-state index in [4.69, 9.17) is 5.11 Å². The predicted octanol–water partition coefficient (Wildman–Crippen LogP) is 2.00. The molecule has 0 aliphatic carbocycles. The highest BCUT2D eigenvalue weighted by molar-refractivity contribution is 9.10. The van der Waals surface area contributed by atoms with E-state index in [-0.39, 0.29) is 19.1 Å². The highest BCUT2D eigenvalue weighted by atomic mass is 79.9. The molecule has 1 saturated heterocycles. The Balaban J connectivity index is 1.91. The average molecular weight is 299 g/mol. The molecule has 1 aromatic carbocycles. The molecule has 2 N–H and O–H groups in total. The summed E-state index contributed by atoms with van der Waals surface area (Å²) in [6, 6.07) is 7.00. The third-order valence-corrected chi connectivity index (χ3v) is 3.32. The van der Waals surface area contributed by atoms with Crippen LogP contribution in [0.3, 0.4) is 0 Å². The van der Waals surface area contributed by atoms with E-state index in [1.807, 2.05) is 18.2 Å². The summed E-state index contributed by atoms with van der Waals surface area (Å²) in [4.78, 5) is 23.8. The van der Waals surface area contributed by atoms with E-state index in [1.54, 1.807) is 6.07 Å². The van der Waals surface area contributed by atoms with Gasteiger partial charge >= 0.3 is 12.0 Å². The highest BCUT2D eigenvalue weighted by Crippen LogP contribution is 2.23. The van der Waals surface area contributed by atoms with Crippen LogP contribution in [0.4, 0.5) is 10.5 Å². The lowest BCUT2D eigenvalue weighted by atomic mass is 10.0. The Kier molecular flexibility index (Phi) is 3.33. The monoisotopic (exact) mass is 298 g/mol. The largest absolute Gasteiger partial charge is 0.481 e. The highest BCUT2D eigenvalue weighted by Gasteiger charge is 2.35. The van der Waals surface area contributed by atoms with Gasteiger partial charge in [0, 0.05) is 17.6 Å². The van der Waals surface area contributed by atoms with E-state index in [2.05, 4.69) is 21.2 Å². The Hall–Kier alpha value is -1.56. The number of halogens is 1. The third kappa shape index (κ3) is 2.58. The number of benzene rings is 1. The molecule has 1 fully saturated rings. The maximum atomic E-state index is 11.7. The van der Waals surface area contributed by atoms with E-state index in [9.17, 15) is 9.59 Å². The molecule has 2 amide bonds. The number of hydrogen-bond donors (Lipinski definition) is 2. The minimum Gasteiger partial charge on any atom is -0.481 e. The summed E-state index contributed by atoms with van der Waals surface area (Å²) >= 11 is 3.32. The quantitative estimate of drug-likeness (QED) is 0.877. The fourth-order valence-electron chi connectivity index (χ4n) is 1.56. The number of rotatable bonds is 2. The van der Waals surface area contributed by atoms with Gasteiger partial charge in [-0.15, -0.1) is 0 Å². The van der Waals surface area contributed by atoms with Crippen molar-refractivity contribution < 1.29 is 14.7 Å². The maximum Gasteiger partial charge on any atom is 0.321 e. The average Bonchev–Trinajstić information content (AvgIpc) is 2.18. The number of hydrogen-bond acceptors (Lipinski definition) is 2. The van der Waals surface area contributed by atoms with Gasteiger partial charge in [-0.25, -0.2) is 4.79 Å². The first-order chi connectivity index (χ1) is 8.08. The first-order valence-electron chi connectivity index (χ1n) is 5.11. The molecule has 1 aromatic rings. The summed E-state index contributed by atoms with van der Waals surface area (Å²) in [7, 11) is 0. The summed E-state index contributed by atoms with van der Waals surface area (Å²) in [5, 5.41) is 11.4. The van der Waals surface area contributed by atoms with Crippen LogP contribution in [0.5, 0.6) is 0 Å². The van der Waals surface area contributed by atoms with E-state index in [1.165, 1.54) is 4.90 Å². The summed E-state index contributed by atoms with van der Waals surface area (Å²) in [6.07, 6.45) is 0. The SMILES string of the molecule is O=C(O)C1CN(C(=O)Nc2ccccc2Br)C1. The molecule has 0 aromatic heterocycles. The number of urea groups is 1. The molecule has 6 heteroatoms. The van der Waals surface area contributed by atoms with Gasteiger partial charge in [0.25, 0.3) is 0 Å². The molecule has 0 radical (unpaired) electrons. The lowest BCUT2D eigenvalue weighted by Gasteiger charge is -2.36. The van der Waals surface area contributed by atoms with Gasteiger partial charge in [0.1, 0.15) is 0 Å². The van der Waals surface area contributed by atoms with Crippen LogP contribution >= 0.6 is 15.9 Å². The summed E-state index contributed by atoms with van der Waals surface area (Å²) in [6.45, 7) is 0.539. The zero-order chi connectivity index (χ0) is 12.4. The molecule has 0 saturated carbocycles. The minimum atomic E-state index is -0.852. The molecule has 1 aliphatic heterocycles. The second-order valence-electron chi connectivity index (χ2n) is 3.85. The zero-order valence-corrected chi connectivity index (χ0v) is 10.5. The van der Waals surface area contributed by atoms with Gasteiger partial charge < -0.3 is 15.3 Å². The van der Waals surface area contributed by atoms with Gasteiger partial charge in [-0.3, -0.25) is 4.79 Å². The van der Waals surface area contributed by atoms with Crippen LogP contribution in [0.25, 0.3) is 0 Å². The molecule has 17 heavy (non-hydrogen) atoms. The van der Waals surface area contributed by atoms with E-state index >= 15 is 0 Å². The number of para-hydroxylation sites is 1. The first kappa shape index (κ1) is 11.9. The molecule has 0 unspecified atom stereocenters. The summed E-state index contributed by atoms with van der Waals surface area (Å²) < 4.78 is 0.795. The smallest absolute Gasteiger partial charge is 0.321 e. The van der Waals surface area contributed by atoms with E-state index < -0.39 is 11.9 Å². The van der Waals surface area contributed by atoms with E-state index in [0.717, 1.165) is 4.47 Å². The molecule has 1 heterocycles. The molecule has 2 rings (SSSR count). The van der Waals surface area contributed by atoms with Crippen LogP contribution in [0.1, 0.15) is 0 Å².